The largest absolute Gasteiger partial charge is 0.481 e. The fourth-order valence-corrected chi connectivity index (χ4v) is 2.94. The number of benzene rings is 1. The van der Waals surface area contributed by atoms with Crippen molar-refractivity contribution < 1.29 is 14.7 Å². The summed E-state index contributed by atoms with van der Waals surface area (Å²) in [6.45, 7) is 4.34. The number of hydrogen-bond acceptors (Lipinski definition) is 2. The first-order valence-corrected chi connectivity index (χ1v) is 7.74. The van der Waals surface area contributed by atoms with E-state index in [2.05, 4.69) is 21.2 Å². The van der Waals surface area contributed by atoms with Gasteiger partial charge in [-0.25, -0.2) is 4.79 Å². The van der Waals surface area contributed by atoms with E-state index in [0.29, 0.717) is 19.4 Å². The Morgan fingerprint density at radius 1 is 1.43 bits per heavy atom. The van der Waals surface area contributed by atoms with Crippen LogP contribution in [0.15, 0.2) is 22.7 Å². The maximum atomic E-state index is 12.3. The predicted molar refractivity (Wildman–Crippen MR) is 84.4 cm³/mol. The third-order valence-corrected chi connectivity index (χ3v) is 4.76. The minimum atomic E-state index is -0.774. The van der Waals surface area contributed by atoms with Gasteiger partial charge in [-0.2, -0.15) is 0 Å². The lowest BCUT2D eigenvalue weighted by atomic mass is 9.92. The number of aliphatic carboxylic acids is 1. The zero-order valence-corrected chi connectivity index (χ0v) is 13.7. The highest BCUT2D eigenvalue weighted by atomic mass is 79.9. The Labute approximate surface area is 132 Å². The molecule has 5 nitrogen and oxygen atoms in total. The molecule has 1 heterocycles. The van der Waals surface area contributed by atoms with Gasteiger partial charge in [-0.1, -0.05) is 22.0 Å². The van der Waals surface area contributed by atoms with Crippen molar-refractivity contribution in [3.8, 4) is 0 Å². The van der Waals surface area contributed by atoms with Gasteiger partial charge in [-0.05, 0) is 44.4 Å². The molecular weight excluding hydrogens is 336 g/mol. The van der Waals surface area contributed by atoms with Crippen molar-refractivity contribution in [3.63, 3.8) is 0 Å². The zero-order valence-electron chi connectivity index (χ0n) is 12.1. The number of piperidine rings is 1. The van der Waals surface area contributed by atoms with Gasteiger partial charge in [0.1, 0.15) is 0 Å². The van der Waals surface area contributed by atoms with E-state index < -0.39 is 5.97 Å². The molecule has 1 aromatic rings. The standard InChI is InChI=1S/C15H19BrN2O3/c1-9-3-4-12(8-13(9)16)17-15(21)18-6-5-11(14(19)20)7-10(18)2/h3-4,8,10-11H,5-7H2,1-2H3,(H,17,21)(H,19,20). The van der Waals surface area contributed by atoms with E-state index in [1.54, 1.807) is 4.90 Å². The quantitative estimate of drug-likeness (QED) is 0.853. The van der Waals surface area contributed by atoms with E-state index in [1.807, 2.05) is 32.0 Å². The summed E-state index contributed by atoms with van der Waals surface area (Å²) in [5.41, 5.74) is 1.83. The predicted octanol–water partition coefficient (Wildman–Crippen LogP) is 3.47. The molecule has 2 N–H and O–H groups in total. The molecule has 1 aliphatic heterocycles. The highest BCUT2D eigenvalue weighted by Gasteiger charge is 2.32. The average Bonchev–Trinajstić information content (AvgIpc) is 2.42. The number of rotatable bonds is 2. The molecule has 0 saturated carbocycles. The van der Waals surface area contributed by atoms with Gasteiger partial charge in [-0.15, -0.1) is 0 Å². The van der Waals surface area contributed by atoms with Crippen molar-refractivity contribution in [2.75, 3.05) is 11.9 Å². The molecule has 2 rings (SSSR count). The van der Waals surface area contributed by atoms with Crippen molar-refractivity contribution in [2.24, 2.45) is 5.92 Å². The maximum Gasteiger partial charge on any atom is 0.322 e. The van der Waals surface area contributed by atoms with E-state index in [9.17, 15) is 9.59 Å². The SMILES string of the molecule is Cc1ccc(NC(=O)N2CCC(C(=O)O)CC2C)cc1Br. The third kappa shape index (κ3) is 3.75. The molecule has 1 aliphatic rings. The minimum absolute atomic E-state index is 0.0752. The normalized spacial score (nSPS) is 22.0. The Morgan fingerprint density at radius 2 is 2.14 bits per heavy atom. The van der Waals surface area contributed by atoms with Crippen LogP contribution in [0.5, 0.6) is 0 Å². The number of nitrogens with zero attached hydrogens (tertiary/aromatic N) is 1. The molecule has 0 spiro atoms. The summed E-state index contributed by atoms with van der Waals surface area (Å²) in [4.78, 5) is 25.0. The van der Waals surface area contributed by atoms with Gasteiger partial charge in [0.2, 0.25) is 0 Å². The molecule has 2 unspecified atom stereocenters. The molecule has 2 atom stereocenters. The van der Waals surface area contributed by atoms with Crippen molar-refractivity contribution in [1.82, 2.24) is 4.90 Å². The number of carboxylic acid groups (broad SMARTS) is 1. The molecule has 1 aromatic carbocycles. The Kier molecular flexibility index (Phi) is 4.88. The Bertz CT molecular complexity index is 562. The topological polar surface area (TPSA) is 69.6 Å². The third-order valence-electron chi connectivity index (χ3n) is 3.91. The molecule has 21 heavy (non-hydrogen) atoms. The number of urea groups is 1. The molecule has 2 amide bonds. The number of carboxylic acids is 1. The molecule has 1 saturated heterocycles. The summed E-state index contributed by atoms with van der Waals surface area (Å²) in [6.07, 6.45) is 1.00. The number of aryl methyl sites for hydroxylation is 1. The molecule has 114 valence electrons. The monoisotopic (exact) mass is 354 g/mol. The lowest BCUT2D eigenvalue weighted by Gasteiger charge is -2.36. The molecule has 0 aromatic heterocycles. The Morgan fingerprint density at radius 3 is 2.71 bits per heavy atom. The zero-order chi connectivity index (χ0) is 15.6. The van der Waals surface area contributed by atoms with Gasteiger partial charge < -0.3 is 15.3 Å². The second kappa shape index (κ2) is 6.47. The van der Waals surface area contributed by atoms with Crippen LogP contribution in [0.4, 0.5) is 10.5 Å². The van der Waals surface area contributed by atoms with Gasteiger partial charge in [0.15, 0.2) is 0 Å². The molecule has 0 radical (unpaired) electrons. The number of carbonyl (C=O) groups is 2. The van der Waals surface area contributed by atoms with Gasteiger partial charge in [0.25, 0.3) is 0 Å². The first-order chi connectivity index (χ1) is 9.88. The number of carbonyl (C=O) groups excluding carboxylic acids is 1. The van der Waals surface area contributed by atoms with Crippen LogP contribution in [-0.2, 0) is 4.79 Å². The lowest BCUT2D eigenvalue weighted by Crippen LogP contribution is -2.47. The number of hydrogen-bond donors (Lipinski definition) is 2. The minimum Gasteiger partial charge on any atom is -0.481 e. The number of amides is 2. The van der Waals surface area contributed by atoms with E-state index in [4.69, 9.17) is 5.11 Å². The van der Waals surface area contributed by atoms with E-state index in [0.717, 1.165) is 15.7 Å². The first kappa shape index (κ1) is 15.8. The highest BCUT2D eigenvalue weighted by Crippen LogP contribution is 2.25. The summed E-state index contributed by atoms with van der Waals surface area (Å²) in [5, 5.41) is 11.9. The maximum absolute atomic E-state index is 12.3. The number of likely N-dealkylation sites (tertiary alicyclic amines) is 1. The van der Waals surface area contributed by atoms with Crippen LogP contribution in [0.3, 0.4) is 0 Å². The molecule has 6 heteroatoms. The number of anilines is 1. The number of halogens is 1. The van der Waals surface area contributed by atoms with Crippen LogP contribution in [0, 0.1) is 12.8 Å². The Hall–Kier alpha value is -1.56. The summed E-state index contributed by atoms with van der Waals surface area (Å²) in [6, 6.07) is 5.39. The van der Waals surface area contributed by atoms with Crippen LogP contribution in [0.1, 0.15) is 25.3 Å². The Balaban J connectivity index is 2.00. The van der Waals surface area contributed by atoms with Gasteiger partial charge in [0, 0.05) is 22.7 Å². The van der Waals surface area contributed by atoms with Crippen LogP contribution in [0.2, 0.25) is 0 Å². The van der Waals surface area contributed by atoms with Crippen LogP contribution in [-0.4, -0.2) is 34.6 Å². The lowest BCUT2D eigenvalue weighted by molar-refractivity contribution is -0.143. The second-order valence-electron chi connectivity index (χ2n) is 5.50. The van der Waals surface area contributed by atoms with Gasteiger partial charge in [-0.3, -0.25) is 4.79 Å². The van der Waals surface area contributed by atoms with Crippen LogP contribution in [0.25, 0.3) is 0 Å². The van der Waals surface area contributed by atoms with Crippen molar-refractivity contribution >= 4 is 33.6 Å². The summed E-state index contributed by atoms with van der Waals surface area (Å²) in [5.74, 6) is -1.12. The van der Waals surface area contributed by atoms with Crippen LogP contribution >= 0.6 is 15.9 Å². The van der Waals surface area contributed by atoms with E-state index >= 15 is 0 Å². The molecule has 0 bridgehead atoms. The number of nitrogens with one attached hydrogen (secondary N) is 1. The average molecular weight is 355 g/mol. The van der Waals surface area contributed by atoms with E-state index in [1.165, 1.54) is 0 Å². The summed E-state index contributed by atoms with van der Waals surface area (Å²) >= 11 is 3.44. The second-order valence-corrected chi connectivity index (χ2v) is 6.35. The van der Waals surface area contributed by atoms with Crippen molar-refractivity contribution in [2.45, 2.75) is 32.7 Å². The van der Waals surface area contributed by atoms with Crippen molar-refractivity contribution in [1.29, 1.82) is 0 Å². The smallest absolute Gasteiger partial charge is 0.322 e. The summed E-state index contributed by atoms with van der Waals surface area (Å²) < 4.78 is 0.943. The summed E-state index contributed by atoms with van der Waals surface area (Å²) in [7, 11) is 0. The van der Waals surface area contributed by atoms with Gasteiger partial charge in [0.05, 0.1) is 5.92 Å². The first-order valence-electron chi connectivity index (χ1n) is 6.95. The molecule has 0 aliphatic carbocycles. The fraction of sp³-hybridized carbons (Fsp3) is 0.467. The highest BCUT2D eigenvalue weighted by molar-refractivity contribution is 9.10. The van der Waals surface area contributed by atoms with Crippen LogP contribution < -0.4 is 5.32 Å². The van der Waals surface area contributed by atoms with E-state index in [-0.39, 0.29) is 18.0 Å². The molecule has 1 fully saturated rings. The van der Waals surface area contributed by atoms with Crippen molar-refractivity contribution in [3.05, 3.63) is 28.2 Å². The fourth-order valence-electron chi connectivity index (χ4n) is 2.56. The molecular formula is C15H19BrN2O3. The van der Waals surface area contributed by atoms with Gasteiger partial charge >= 0.3 is 12.0 Å².